The van der Waals surface area contributed by atoms with Crippen molar-refractivity contribution in [3.05, 3.63) is 83.2 Å². The molecule has 7 rings (SSSR count). The smallest absolute Gasteiger partial charge is 0.234 e. The highest BCUT2D eigenvalue weighted by Gasteiger charge is 2.75. The first kappa shape index (κ1) is 29.5. The third kappa shape index (κ3) is 4.13. The molecule has 9 heteroatoms. The van der Waals surface area contributed by atoms with Crippen molar-refractivity contribution < 1.29 is 39.2 Å². The molecule has 1 aromatic heterocycles. The van der Waals surface area contributed by atoms with Crippen LogP contribution in [0.5, 0.6) is 0 Å². The van der Waals surface area contributed by atoms with Gasteiger partial charge in [-0.15, -0.1) is 0 Å². The summed E-state index contributed by atoms with van der Waals surface area (Å²) in [6.07, 6.45) is 8.86. The van der Waals surface area contributed by atoms with E-state index in [-0.39, 0.29) is 42.5 Å². The maximum Gasteiger partial charge on any atom is 0.234 e. The lowest BCUT2D eigenvalue weighted by Crippen LogP contribution is -2.63. The van der Waals surface area contributed by atoms with Gasteiger partial charge in [0.1, 0.15) is 6.61 Å². The lowest BCUT2D eigenvalue weighted by atomic mass is 9.46. The highest BCUT2D eigenvalue weighted by Crippen LogP contribution is 2.70. The Bertz CT molecular complexity index is 1570. The molecule has 5 aliphatic rings. The summed E-state index contributed by atoms with van der Waals surface area (Å²) in [5.41, 5.74) is 0.568. The molecule has 1 aliphatic heterocycles. The minimum atomic E-state index is -1.45. The number of nitrogens with zero attached hydrogens (tertiary/aromatic N) is 1. The maximum atomic E-state index is 13.7. The van der Waals surface area contributed by atoms with Crippen molar-refractivity contribution in [1.82, 2.24) is 4.57 Å². The van der Waals surface area contributed by atoms with Gasteiger partial charge in [-0.2, -0.15) is 0 Å². The summed E-state index contributed by atoms with van der Waals surface area (Å²) in [7, 11) is 0. The number of rotatable bonds is 6. The summed E-state index contributed by atoms with van der Waals surface area (Å²) >= 11 is 0. The fourth-order valence-corrected chi connectivity index (χ4v) is 9.57. The first-order valence-electron chi connectivity index (χ1n) is 15.5. The van der Waals surface area contributed by atoms with Crippen LogP contribution in [0.3, 0.4) is 0 Å². The molecule has 9 atom stereocenters. The Morgan fingerprint density at radius 2 is 1.84 bits per heavy atom. The van der Waals surface area contributed by atoms with Crippen molar-refractivity contribution in [2.24, 2.45) is 28.6 Å². The molecule has 0 bridgehead atoms. The van der Waals surface area contributed by atoms with Crippen molar-refractivity contribution in [1.29, 1.82) is 0 Å². The lowest BCUT2D eigenvalue weighted by molar-refractivity contribution is -0.201. The zero-order valence-electron chi connectivity index (χ0n) is 25.0. The van der Waals surface area contributed by atoms with Crippen molar-refractivity contribution >= 4 is 17.5 Å². The number of Topliss-reactive ketones (excluding diaryl/α,β-unsaturated/α-hetero) is 1. The van der Waals surface area contributed by atoms with E-state index in [1.807, 2.05) is 25.1 Å². The molecule has 44 heavy (non-hydrogen) atoms. The Balaban J connectivity index is 1.15. The van der Waals surface area contributed by atoms with Crippen LogP contribution in [0.25, 0.3) is 0 Å². The summed E-state index contributed by atoms with van der Waals surface area (Å²) < 4.78 is 14.6. The summed E-state index contributed by atoms with van der Waals surface area (Å²) in [6.45, 7) is 3.34. The lowest BCUT2D eigenvalue weighted by Gasteiger charge is -2.59. The van der Waals surface area contributed by atoms with Crippen molar-refractivity contribution in [3.8, 4) is 0 Å². The van der Waals surface area contributed by atoms with E-state index in [2.05, 4.69) is 6.92 Å². The van der Waals surface area contributed by atoms with Gasteiger partial charge in [0, 0.05) is 34.7 Å². The number of carbonyl (C=O) groups excluding carboxylic acids is 3. The zero-order chi connectivity index (χ0) is 31.0. The predicted octanol–water partition coefficient (Wildman–Crippen LogP) is 3.47. The number of fused-ring (bicyclic) bond motifs is 7. The third-order valence-corrected chi connectivity index (χ3v) is 11.6. The maximum absolute atomic E-state index is 13.7. The van der Waals surface area contributed by atoms with Crippen LogP contribution in [0.4, 0.5) is 0 Å². The summed E-state index contributed by atoms with van der Waals surface area (Å²) in [4.78, 5) is 39.0. The number of benzene rings is 1. The predicted molar refractivity (Wildman–Crippen MR) is 158 cm³/mol. The zero-order valence-corrected chi connectivity index (χ0v) is 25.0. The SMILES string of the molecule is C[C@]12C=CC(=O)C=C1CC[C@@H]1[C@@H]2[C@@H](O)C[C@@]2(C)[C@H]1C[C@H]1O[C@@H](c3ccn(C(=O)Cc4ccc(CO)cc4)c3)O[C@]12C(=O)CO. The molecule has 0 amide bonds. The van der Waals surface area contributed by atoms with E-state index in [1.54, 1.807) is 42.7 Å². The molecule has 3 saturated carbocycles. The van der Waals surface area contributed by atoms with Gasteiger partial charge >= 0.3 is 0 Å². The number of carbonyl (C=O) groups is 3. The Kier molecular flexibility index (Phi) is 6.99. The topological polar surface area (TPSA) is 135 Å². The molecule has 3 N–H and O–H groups in total. The number of aromatic nitrogens is 1. The van der Waals surface area contributed by atoms with Gasteiger partial charge in [-0.3, -0.25) is 19.0 Å². The first-order valence-corrected chi connectivity index (χ1v) is 15.5. The minimum Gasteiger partial charge on any atom is -0.393 e. The molecule has 0 radical (unpaired) electrons. The molecular weight excluding hydrogens is 562 g/mol. The van der Waals surface area contributed by atoms with E-state index in [0.717, 1.165) is 29.5 Å². The van der Waals surface area contributed by atoms with Gasteiger partial charge < -0.3 is 24.8 Å². The van der Waals surface area contributed by atoms with E-state index >= 15 is 0 Å². The minimum absolute atomic E-state index is 0.00477. The van der Waals surface area contributed by atoms with Crippen LogP contribution in [-0.4, -0.2) is 61.8 Å². The van der Waals surface area contributed by atoms with Gasteiger partial charge in [-0.1, -0.05) is 49.8 Å². The molecular formula is C35H39NO8. The molecule has 2 heterocycles. The Hall–Kier alpha value is -3.21. The van der Waals surface area contributed by atoms with Crippen molar-refractivity contribution in [3.63, 3.8) is 0 Å². The Labute approximate surface area is 256 Å². The molecule has 0 unspecified atom stereocenters. The van der Waals surface area contributed by atoms with Crippen LogP contribution in [0, 0.1) is 28.6 Å². The van der Waals surface area contributed by atoms with Crippen LogP contribution in [0.1, 0.15) is 67.3 Å². The fourth-order valence-electron chi connectivity index (χ4n) is 9.57. The summed E-state index contributed by atoms with van der Waals surface area (Å²) in [6, 6.07) is 8.95. The van der Waals surface area contributed by atoms with Crippen LogP contribution >= 0.6 is 0 Å². The molecule has 4 aliphatic carbocycles. The van der Waals surface area contributed by atoms with E-state index in [1.165, 1.54) is 4.57 Å². The van der Waals surface area contributed by atoms with Crippen LogP contribution in [0.15, 0.2) is 66.5 Å². The number of hydrogen-bond acceptors (Lipinski definition) is 8. The second kappa shape index (κ2) is 10.4. The first-order chi connectivity index (χ1) is 21.0. The molecule has 9 nitrogen and oxygen atoms in total. The summed E-state index contributed by atoms with van der Waals surface area (Å²) in [5.74, 6) is -0.653. The van der Waals surface area contributed by atoms with E-state index in [4.69, 9.17) is 9.47 Å². The van der Waals surface area contributed by atoms with Crippen molar-refractivity contribution in [2.75, 3.05) is 6.61 Å². The molecule has 232 valence electrons. The highest BCUT2D eigenvalue weighted by molar-refractivity contribution is 6.01. The van der Waals surface area contributed by atoms with Gasteiger partial charge in [-0.25, -0.2) is 0 Å². The fraction of sp³-hybridized carbons (Fsp3) is 0.514. The average molecular weight is 602 g/mol. The van der Waals surface area contributed by atoms with Gasteiger partial charge in [0.25, 0.3) is 0 Å². The largest absolute Gasteiger partial charge is 0.393 e. The van der Waals surface area contributed by atoms with Crippen LogP contribution in [-0.2, 0) is 32.1 Å². The van der Waals surface area contributed by atoms with E-state index < -0.39 is 47.3 Å². The molecule has 0 spiro atoms. The van der Waals surface area contributed by atoms with Gasteiger partial charge in [-0.05, 0) is 66.9 Å². The number of allylic oxidation sites excluding steroid dienone is 4. The Morgan fingerprint density at radius 1 is 1.09 bits per heavy atom. The number of ether oxygens (including phenoxy) is 2. The second-order valence-corrected chi connectivity index (χ2v) is 13.7. The summed E-state index contributed by atoms with van der Waals surface area (Å²) in [5, 5.41) is 31.3. The van der Waals surface area contributed by atoms with Crippen molar-refractivity contribution in [2.45, 2.75) is 76.7 Å². The highest BCUT2D eigenvalue weighted by atomic mass is 16.7. The normalized spacial score (nSPS) is 38.8. The van der Waals surface area contributed by atoms with E-state index in [9.17, 15) is 29.7 Å². The second-order valence-electron chi connectivity index (χ2n) is 13.7. The van der Waals surface area contributed by atoms with Crippen LogP contribution < -0.4 is 0 Å². The van der Waals surface area contributed by atoms with Gasteiger partial charge in [0.15, 0.2) is 23.5 Å². The molecule has 1 saturated heterocycles. The quantitative estimate of drug-likeness (QED) is 0.458. The monoisotopic (exact) mass is 601 g/mol. The molecule has 2 aromatic rings. The van der Waals surface area contributed by atoms with Gasteiger partial charge in [0.2, 0.25) is 5.91 Å². The molecule has 1 aromatic carbocycles. The van der Waals surface area contributed by atoms with Gasteiger partial charge in [0.05, 0.1) is 25.2 Å². The van der Waals surface area contributed by atoms with E-state index in [0.29, 0.717) is 18.4 Å². The average Bonchev–Trinajstić information content (AvgIpc) is 3.70. The number of ketones is 2. The Morgan fingerprint density at radius 3 is 2.57 bits per heavy atom. The van der Waals surface area contributed by atoms with Crippen LogP contribution in [0.2, 0.25) is 0 Å². The number of aliphatic hydroxyl groups is 3. The number of hydrogen-bond donors (Lipinski definition) is 3. The third-order valence-electron chi connectivity index (χ3n) is 11.6. The number of aliphatic hydroxyl groups excluding tert-OH is 3. The standard InChI is InChI=1S/C35H39NO8/c1-33-11-9-24(39)14-23(33)7-8-25-26-15-29-35(28(41)19-38,34(26,2)16-27(40)31(25)33)44-32(43-29)22-10-12-36(17-22)30(42)13-20-3-5-21(18-37)6-4-20/h3-6,9-12,14,17,25-27,29,31-32,37-38,40H,7-8,13,15-16,18-19H2,1-2H3/t25-,26-,27-,29+,31+,32+,33-,34-,35+/m0/s1. The molecule has 4 fully saturated rings.